The van der Waals surface area contributed by atoms with Gasteiger partial charge < -0.3 is 20.3 Å². The molecule has 1 aromatic heterocycles. The van der Waals surface area contributed by atoms with Gasteiger partial charge in [-0.1, -0.05) is 0 Å². The predicted molar refractivity (Wildman–Crippen MR) is 94.9 cm³/mol. The maximum Gasteiger partial charge on any atom is 0.191 e. The summed E-state index contributed by atoms with van der Waals surface area (Å²) in [5.41, 5.74) is 1.18. The molecule has 1 aliphatic carbocycles. The number of pyridine rings is 1. The van der Waals surface area contributed by atoms with Crippen LogP contribution in [0.2, 0.25) is 0 Å². The van der Waals surface area contributed by atoms with E-state index in [-0.39, 0.29) is 0 Å². The van der Waals surface area contributed by atoms with Gasteiger partial charge in [-0.3, -0.25) is 4.99 Å². The van der Waals surface area contributed by atoms with E-state index < -0.39 is 0 Å². The van der Waals surface area contributed by atoms with Crippen LogP contribution in [-0.4, -0.2) is 51.8 Å². The summed E-state index contributed by atoms with van der Waals surface area (Å²) in [4.78, 5) is 10.6. The van der Waals surface area contributed by atoms with Gasteiger partial charge in [0.2, 0.25) is 0 Å². The summed E-state index contributed by atoms with van der Waals surface area (Å²) in [5, 5.41) is 6.64. The van der Waals surface area contributed by atoms with Crippen LogP contribution >= 0.6 is 0 Å². The van der Waals surface area contributed by atoms with Crippen LogP contribution in [0.5, 0.6) is 0 Å². The van der Waals surface area contributed by atoms with Crippen molar-refractivity contribution in [3.8, 4) is 0 Å². The molecule has 0 radical (unpaired) electrons. The van der Waals surface area contributed by atoms with Gasteiger partial charge in [0.05, 0.1) is 0 Å². The predicted octanol–water partition coefficient (Wildman–Crippen LogP) is 1.63. The third kappa shape index (κ3) is 6.86. The van der Waals surface area contributed by atoms with Crippen molar-refractivity contribution in [3.05, 3.63) is 23.9 Å². The lowest BCUT2D eigenvalue weighted by Gasteiger charge is -2.14. The Morgan fingerprint density at radius 1 is 1.39 bits per heavy atom. The highest BCUT2D eigenvalue weighted by molar-refractivity contribution is 5.79. The number of nitrogens with zero attached hydrogens (tertiary/aromatic N) is 3. The SMILES string of the molecule is CN=C(NCCCOCC1CC1)NCc1ccnc(N(C)C)c1. The third-order valence-electron chi connectivity index (χ3n) is 3.76. The second-order valence-electron chi connectivity index (χ2n) is 6.14. The Morgan fingerprint density at radius 3 is 2.91 bits per heavy atom. The second-order valence-corrected chi connectivity index (χ2v) is 6.14. The molecule has 0 saturated heterocycles. The largest absolute Gasteiger partial charge is 0.381 e. The first-order valence-corrected chi connectivity index (χ1v) is 8.33. The quantitative estimate of drug-likeness (QED) is 0.411. The molecule has 0 bridgehead atoms. The standard InChI is InChI=1S/C17H29N5O/c1-18-17(20-8-4-10-23-13-14-5-6-14)21-12-15-7-9-19-16(11-15)22(2)3/h7,9,11,14H,4-6,8,10,12-13H2,1-3H3,(H2,18,20,21). The van der Waals surface area contributed by atoms with Gasteiger partial charge in [0.15, 0.2) is 5.96 Å². The first-order valence-electron chi connectivity index (χ1n) is 8.33. The van der Waals surface area contributed by atoms with Gasteiger partial charge >= 0.3 is 0 Å². The Labute approximate surface area is 139 Å². The lowest BCUT2D eigenvalue weighted by Crippen LogP contribution is -2.37. The van der Waals surface area contributed by atoms with Gasteiger partial charge in [0.1, 0.15) is 5.82 Å². The minimum absolute atomic E-state index is 0.723. The summed E-state index contributed by atoms with van der Waals surface area (Å²) in [7, 11) is 5.77. The number of guanidine groups is 1. The van der Waals surface area contributed by atoms with Crippen LogP contribution in [0, 0.1) is 5.92 Å². The van der Waals surface area contributed by atoms with Gasteiger partial charge in [0.25, 0.3) is 0 Å². The molecular weight excluding hydrogens is 290 g/mol. The zero-order valence-electron chi connectivity index (χ0n) is 14.5. The number of anilines is 1. The molecule has 128 valence electrons. The van der Waals surface area contributed by atoms with E-state index in [1.54, 1.807) is 7.05 Å². The number of aromatic nitrogens is 1. The van der Waals surface area contributed by atoms with Gasteiger partial charge in [-0.25, -0.2) is 4.98 Å². The van der Waals surface area contributed by atoms with Crippen molar-refractivity contribution in [1.29, 1.82) is 0 Å². The highest BCUT2D eigenvalue weighted by Crippen LogP contribution is 2.28. The van der Waals surface area contributed by atoms with Crippen molar-refractivity contribution < 1.29 is 4.74 Å². The average molecular weight is 319 g/mol. The zero-order valence-corrected chi connectivity index (χ0v) is 14.5. The van der Waals surface area contributed by atoms with Crippen molar-refractivity contribution in [2.24, 2.45) is 10.9 Å². The average Bonchev–Trinajstić information content (AvgIpc) is 3.38. The Kier molecular flexibility index (Phi) is 7.13. The lowest BCUT2D eigenvalue weighted by molar-refractivity contribution is 0.123. The number of hydrogen-bond donors (Lipinski definition) is 2. The van der Waals surface area contributed by atoms with Crippen LogP contribution < -0.4 is 15.5 Å². The van der Waals surface area contributed by atoms with Crippen molar-refractivity contribution in [2.75, 3.05) is 45.8 Å². The number of aliphatic imine (C=N–C) groups is 1. The number of nitrogens with one attached hydrogen (secondary N) is 2. The smallest absolute Gasteiger partial charge is 0.191 e. The van der Waals surface area contributed by atoms with Crippen molar-refractivity contribution in [2.45, 2.75) is 25.8 Å². The number of rotatable bonds is 9. The van der Waals surface area contributed by atoms with Crippen molar-refractivity contribution in [3.63, 3.8) is 0 Å². The van der Waals surface area contributed by atoms with Gasteiger partial charge in [-0.05, 0) is 42.9 Å². The molecule has 0 atom stereocenters. The lowest BCUT2D eigenvalue weighted by atomic mass is 10.2. The fraction of sp³-hybridized carbons (Fsp3) is 0.647. The molecule has 6 nitrogen and oxygen atoms in total. The molecule has 1 fully saturated rings. The number of hydrogen-bond acceptors (Lipinski definition) is 4. The van der Waals surface area contributed by atoms with E-state index >= 15 is 0 Å². The van der Waals surface area contributed by atoms with E-state index in [4.69, 9.17) is 4.74 Å². The minimum atomic E-state index is 0.723. The fourth-order valence-electron chi connectivity index (χ4n) is 2.14. The molecule has 6 heteroatoms. The highest BCUT2D eigenvalue weighted by atomic mass is 16.5. The fourth-order valence-corrected chi connectivity index (χ4v) is 2.14. The molecule has 0 unspecified atom stereocenters. The Bertz CT molecular complexity index is 500. The number of ether oxygens (including phenoxy) is 1. The van der Waals surface area contributed by atoms with E-state index in [9.17, 15) is 0 Å². The monoisotopic (exact) mass is 319 g/mol. The van der Waals surface area contributed by atoms with Gasteiger partial charge in [-0.15, -0.1) is 0 Å². The van der Waals surface area contributed by atoms with Crippen molar-refractivity contribution >= 4 is 11.8 Å². The van der Waals surface area contributed by atoms with Crippen LogP contribution in [-0.2, 0) is 11.3 Å². The first-order chi connectivity index (χ1) is 11.2. The molecule has 1 heterocycles. The van der Waals surface area contributed by atoms with Gasteiger partial charge in [0, 0.05) is 53.6 Å². The van der Waals surface area contributed by atoms with E-state index in [1.165, 1.54) is 18.4 Å². The first kappa shape index (κ1) is 17.5. The molecule has 23 heavy (non-hydrogen) atoms. The molecule has 0 spiro atoms. The molecule has 0 aromatic carbocycles. The second kappa shape index (κ2) is 9.35. The van der Waals surface area contributed by atoms with Crippen LogP contribution in [0.1, 0.15) is 24.8 Å². The minimum Gasteiger partial charge on any atom is -0.381 e. The molecule has 0 aliphatic heterocycles. The summed E-state index contributed by atoms with van der Waals surface area (Å²) in [6.45, 7) is 3.34. The van der Waals surface area contributed by atoms with E-state index in [0.717, 1.165) is 50.4 Å². The Hall–Kier alpha value is -1.82. The van der Waals surface area contributed by atoms with Crippen LogP contribution in [0.4, 0.5) is 5.82 Å². The van der Waals surface area contributed by atoms with E-state index in [0.29, 0.717) is 0 Å². The Morgan fingerprint density at radius 2 is 2.22 bits per heavy atom. The van der Waals surface area contributed by atoms with E-state index in [1.807, 2.05) is 31.3 Å². The third-order valence-corrected chi connectivity index (χ3v) is 3.76. The molecule has 1 aromatic rings. The topological polar surface area (TPSA) is 61.8 Å². The summed E-state index contributed by atoms with van der Waals surface area (Å²) >= 11 is 0. The van der Waals surface area contributed by atoms with Crippen LogP contribution in [0.3, 0.4) is 0 Å². The zero-order chi connectivity index (χ0) is 16.5. The summed E-state index contributed by atoms with van der Waals surface area (Å²) < 4.78 is 5.63. The van der Waals surface area contributed by atoms with E-state index in [2.05, 4.69) is 26.7 Å². The maximum atomic E-state index is 5.63. The molecular formula is C17H29N5O. The summed E-state index contributed by atoms with van der Waals surface area (Å²) in [6, 6.07) is 4.09. The Balaban J connectivity index is 1.63. The summed E-state index contributed by atoms with van der Waals surface area (Å²) in [5.74, 6) is 2.61. The molecule has 1 aliphatic rings. The van der Waals surface area contributed by atoms with Crippen LogP contribution in [0.15, 0.2) is 23.3 Å². The molecule has 2 rings (SSSR count). The van der Waals surface area contributed by atoms with Gasteiger partial charge in [-0.2, -0.15) is 0 Å². The molecule has 1 saturated carbocycles. The molecule has 0 amide bonds. The maximum absolute atomic E-state index is 5.63. The van der Waals surface area contributed by atoms with Crippen LogP contribution in [0.25, 0.3) is 0 Å². The molecule has 2 N–H and O–H groups in total. The highest BCUT2D eigenvalue weighted by Gasteiger charge is 2.20. The van der Waals surface area contributed by atoms with Crippen molar-refractivity contribution in [1.82, 2.24) is 15.6 Å². The normalized spacial score (nSPS) is 14.7. The summed E-state index contributed by atoms with van der Waals surface area (Å²) in [6.07, 6.45) is 5.52.